The number of hydrogen-bond acceptors (Lipinski definition) is 4. The number of hydrogen-bond donors (Lipinski definition) is 0. The van der Waals surface area contributed by atoms with E-state index in [9.17, 15) is 4.39 Å². The normalized spacial score (nSPS) is 21.1. The summed E-state index contributed by atoms with van der Waals surface area (Å²) in [6.07, 6.45) is 3.54. The van der Waals surface area contributed by atoms with Gasteiger partial charge in [-0.05, 0) is 20.3 Å². The van der Waals surface area contributed by atoms with Gasteiger partial charge in [-0.15, -0.1) is 0 Å². The van der Waals surface area contributed by atoms with Gasteiger partial charge in [-0.2, -0.15) is 0 Å². The highest BCUT2D eigenvalue weighted by molar-refractivity contribution is 5.29. The number of aromatic nitrogens is 2. The fraction of sp³-hybridized carbons (Fsp3) is 0.667. The van der Waals surface area contributed by atoms with Crippen molar-refractivity contribution in [2.24, 2.45) is 0 Å². The Labute approximate surface area is 101 Å². The molecule has 1 atom stereocenters. The highest BCUT2D eigenvalue weighted by atomic mass is 19.1. The predicted molar refractivity (Wildman–Crippen MR) is 65.5 cm³/mol. The van der Waals surface area contributed by atoms with Gasteiger partial charge in [0.05, 0.1) is 12.4 Å². The van der Waals surface area contributed by atoms with Crippen LogP contribution in [0.25, 0.3) is 0 Å². The lowest BCUT2D eigenvalue weighted by Gasteiger charge is -2.26. The van der Waals surface area contributed by atoms with Crippen molar-refractivity contribution in [3.63, 3.8) is 0 Å². The largest absolute Gasteiger partial charge is 0.340 e. The molecule has 0 radical (unpaired) electrons. The van der Waals surface area contributed by atoms with E-state index >= 15 is 0 Å². The SMILES string of the molecule is CC(C)N1CCC(N(C)c2ncc(F)cn2)C1. The van der Waals surface area contributed by atoms with E-state index in [0.717, 1.165) is 19.5 Å². The maximum Gasteiger partial charge on any atom is 0.225 e. The van der Waals surface area contributed by atoms with Crippen LogP contribution in [0.2, 0.25) is 0 Å². The van der Waals surface area contributed by atoms with Crippen LogP contribution >= 0.6 is 0 Å². The van der Waals surface area contributed by atoms with Gasteiger partial charge in [-0.3, -0.25) is 4.90 Å². The Morgan fingerprint density at radius 3 is 2.59 bits per heavy atom. The molecular weight excluding hydrogens is 219 g/mol. The number of rotatable bonds is 3. The van der Waals surface area contributed by atoms with E-state index in [1.54, 1.807) is 0 Å². The number of likely N-dealkylation sites (tertiary alicyclic amines) is 1. The summed E-state index contributed by atoms with van der Waals surface area (Å²) in [7, 11) is 1.97. The van der Waals surface area contributed by atoms with E-state index < -0.39 is 5.82 Å². The molecule has 0 aromatic carbocycles. The van der Waals surface area contributed by atoms with Crippen molar-refractivity contribution in [3.05, 3.63) is 18.2 Å². The van der Waals surface area contributed by atoms with Gasteiger partial charge in [0, 0.05) is 32.2 Å². The highest BCUT2D eigenvalue weighted by Crippen LogP contribution is 2.19. The van der Waals surface area contributed by atoms with E-state index in [4.69, 9.17) is 0 Å². The maximum absolute atomic E-state index is 12.7. The van der Waals surface area contributed by atoms with Gasteiger partial charge in [0.15, 0.2) is 5.82 Å². The lowest BCUT2D eigenvalue weighted by Crippen LogP contribution is -2.37. The summed E-state index contributed by atoms with van der Waals surface area (Å²) in [5.41, 5.74) is 0. The Kier molecular flexibility index (Phi) is 3.57. The average molecular weight is 238 g/mol. The third kappa shape index (κ3) is 2.72. The van der Waals surface area contributed by atoms with Crippen LogP contribution in [-0.2, 0) is 0 Å². The predicted octanol–water partition coefficient (Wildman–Crippen LogP) is 1.53. The molecule has 1 aromatic rings. The van der Waals surface area contributed by atoms with Crippen molar-refractivity contribution >= 4 is 5.95 Å². The minimum atomic E-state index is -0.391. The fourth-order valence-electron chi connectivity index (χ4n) is 2.20. The number of halogens is 1. The summed E-state index contributed by atoms with van der Waals surface area (Å²) in [4.78, 5) is 12.5. The summed E-state index contributed by atoms with van der Waals surface area (Å²) < 4.78 is 12.7. The molecule has 1 unspecified atom stereocenters. The van der Waals surface area contributed by atoms with E-state index in [0.29, 0.717) is 18.0 Å². The first kappa shape index (κ1) is 12.2. The smallest absolute Gasteiger partial charge is 0.225 e. The Morgan fingerprint density at radius 1 is 1.41 bits per heavy atom. The van der Waals surface area contributed by atoms with Crippen LogP contribution in [0.15, 0.2) is 12.4 Å². The standard InChI is InChI=1S/C12H19FN4/c1-9(2)17-5-4-11(8-17)16(3)12-14-6-10(13)7-15-12/h6-7,9,11H,4-5,8H2,1-3H3. The second kappa shape index (κ2) is 4.96. The average Bonchev–Trinajstić information content (AvgIpc) is 2.78. The summed E-state index contributed by atoms with van der Waals surface area (Å²) in [6.45, 7) is 6.54. The summed E-state index contributed by atoms with van der Waals surface area (Å²) in [5, 5.41) is 0. The topological polar surface area (TPSA) is 32.3 Å². The molecule has 94 valence electrons. The quantitative estimate of drug-likeness (QED) is 0.799. The molecule has 0 N–H and O–H groups in total. The Morgan fingerprint density at radius 2 is 2.06 bits per heavy atom. The van der Waals surface area contributed by atoms with Crippen LogP contribution in [0.4, 0.5) is 10.3 Å². The van der Waals surface area contributed by atoms with Gasteiger partial charge in [-0.25, -0.2) is 14.4 Å². The summed E-state index contributed by atoms with van der Waals surface area (Å²) in [5.74, 6) is 0.208. The van der Waals surface area contributed by atoms with Gasteiger partial charge in [0.25, 0.3) is 0 Å². The second-order valence-electron chi connectivity index (χ2n) is 4.84. The molecule has 2 heterocycles. The van der Waals surface area contributed by atoms with E-state index in [-0.39, 0.29) is 0 Å². The first-order chi connectivity index (χ1) is 8.08. The van der Waals surface area contributed by atoms with Crippen molar-refractivity contribution in [1.29, 1.82) is 0 Å². The molecule has 17 heavy (non-hydrogen) atoms. The van der Waals surface area contributed by atoms with Crippen molar-refractivity contribution in [2.75, 3.05) is 25.0 Å². The molecule has 0 spiro atoms. The van der Waals surface area contributed by atoms with E-state index in [1.165, 1.54) is 12.4 Å². The van der Waals surface area contributed by atoms with Gasteiger partial charge in [-0.1, -0.05) is 0 Å². The van der Waals surface area contributed by atoms with Crippen molar-refractivity contribution in [1.82, 2.24) is 14.9 Å². The highest BCUT2D eigenvalue weighted by Gasteiger charge is 2.28. The van der Waals surface area contributed by atoms with Gasteiger partial charge >= 0.3 is 0 Å². The number of nitrogens with zero attached hydrogens (tertiary/aromatic N) is 4. The molecule has 1 fully saturated rings. The molecule has 2 rings (SSSR count). The van der Waals surface area contributed by atoms with Gasteiger partial charge < -0.3 is 4.90 Å². The molecule has 5 heteroatoms. The zero-order valence-electron chi connectivity index (χ0n) is 10.6. The fourth-order valence-corrected chi connectivity index (χ4v) is 2.20. The van der Waals surface area contributed by atoms with Crippen LogP contribution in [0.5, 0.6) is 0 Å². The monoisotopic (exact) mass is 238 g/mol. The second-order valence-corrected chi connectivity index (χ2v) is 4.84. The lowest BCUT2D eigenvalue weighted by molar-refractivity contribution is 0.272. The molecule has 1 saturated heterocycles. The molecule has 4 nitrogen and oxygen atoms in total. The van der Waals surface area contributed by atoms with Crippen LogP contribution in [0.1, 0.15) is 20.3 Å². The first-order valence-electron chi connectivity index (χ1n) is 6.02. The molecule has 1 aromatic heterocycles. The van der Waals surface area contributed by atoms with E-state index in [1.807, 2.05) is 11.9 Å². The summed E-state index contributed by atoms with van der Waals surface area (Å²) >= 11 is 0. The van der Waals surface area contributed by atoms with Crippen LogP contribution in [-0.4, -0.2) is 47.1 Å². The molecule has 1 aliphatic heterocycles. The van der Waals surface area contributed by atoms with Crippen molar-refractivity contribution < 1.29 is 4.39 Å². The maximum atomic E-state index is 12.7. The zero-order valence-corrected chi connectivity index (χ0v) is 10.6. The minimum Gasteiger partial charge on any atom is -0.340 e. The van der Waals surface area contributed by atoms with Crippen LogP contribution < -0.4 is 4.90 Å². The van der Waals surface area contributed by atoms with Crippen LogP contribution in [0, 0.1) is 5.82 Å². The molecule has 1 aliphatic rings. The van der Waals surface area contributed by atoms with Gasteiger partial charge in [0.2, 0.25) is 5.95 Å². The van der Waals surface area contributed by atoms with Crippen LogP contribution in [0.3, 0.4) is 0 Å². The van der Waals surface area contributed by atoms with E-state index in [2.05, 4.69) is 28.7 Å². The molecule has 0 amide bonds. The number of likely N-dealkylation sites (N-methyl/N-ethyl adjacent to an activating group) is 1. The molecule has 0 bridgehead atoms. The third-order valence-electron chi connectivity index (χ3n) is 3.39. The molecule has 0 aliphatic carbocycles. The Balaban J connectivity index is 2.01. The Hall–Kier alpha value is -1.23. The Bertz CT molecular complexity index is 365. The number of anilines is 1. The molecular formula is C12H19FN4. The van der Waals surface area contributed by atoms with Gasteiger partial charge in [0.1, 0.15) is 0 Å². The minimum absolute atomic E-state index is 0.391. The van der Waals surface area contributed by atoms with Crippen molar-refractivity contribution in [3.8, 4) is 0 Å². The zero-order chi connectivity index (χ0) is 12.4. The molecule has 0 saturated carbocycles. The first-order valence-corrected chi connectivity index (χ1v) is 6.02. The van der Waals surface area contributed by atoms with Crippen molar-refractivity contribution in [2.45, 2.75) is 32.4 Å². The lowest BCUT2D eigenvalue weighted by atomic mass is 10.2. The third-order valence-corrected chi connectivity index (χ3v) is 3.39. The summed E-state index contributed by atoms with van der Waals surface area (Å²) in [6, 6.07) is 0.991.